The lowest BCUT2D eigenvalue weighted by Crippen LogP contribution is -2.45. The molecule has 1 aliphatic rings. The van der Waals surface area contributed by atoms with Gasteiger partial charge in [-0.15, -0.1) is 0 Å². The van der Waals surface area contributed by atoms with Gasteiger partial charge in [0.25, 0.3) is 0 Å². The van der Waals surface area contributed by atoms with E-state index in [2.05, 4.69) is 5.32 Å². The quantitative estimate of drug-likeness (QED) is 0.785. The Labute approximate surface area is 144 Å². The molecule has 1 aliphatic heterocycles. The third kappa shape index (κ3) is 4.95. The van der Waals surface area contributed by atoms with E-state index in [1.165, 1.54) is 16.1 Å². The van der Waals surface area contributed by atoms with Gasteiger partial charge in [0.05, 0.1) is 18.7 Å². The van der Waals surface area contributed by atoms with Crippen LogP contribution in [0, 0.1) is 19.8 Å². The van der Waals surface area contributed by atoms with Gasteiger partial charge in [0.1, 0.15) is 12.4 Å². The van der Waals surface area contributed by atoms with Crippen LogP contribution < -0.4 is 10.1 Å². The Hall–Kier alpha value is -1.60. The minimum atomic E-state index is -3.23. The number of amides is 1. The van der Waals surface area contributed by atoms with Crippen LogP contribution in [0.25, 0.3) is 0 Å². The molecule has 1 saturated heterocycles. The molecule has 1 fully saturated rings. The second-order valence-electron chi connectivity index (χ2n) is 6.30. The summed E-state index contributed by atoms with van der Waals surface area (Å²) in [6.45, 7) is 5.59. The fourth-order valence-electron chi connectivity index (χ4n) is 2.82. The van der Waals surface area contributed by atoms with Gasteiger partial charge in [-0.05, 0) is 43.9 Å². The van der Waals surface area contributed by atoms with Gasteiger partial charge in [0.15, 0.2) is 0 Å². The van der Waals surface area contributed by atoms with Crippen LogP contribution in [0.1, 0.15) is 24.0 Å². The number of rotatable bonds is 6. The maximum absolute atomic E-state index is 12.2. The number of hydrogen-bond acceptors (Lipinski definition) is 4. The van der Waals surface area contributed by atoms with Crippen molar-refractivity contribution in [2.45, 2.75) is 26.7 Å². The van der Waals surface area contributed by atoms with Gasteiger partial charge in [-0.2, -0.15) is 0 Å². The van der Waals surface area contributed by atoms with Crippen molar-refractivity contribution in [2.24, 2.45) is 5.92 Å². The Morgan fingerprint density at radius 1 is 1.38 bits per heavy atom. The standard InChI is InChI=1S/C17H26N2O4S/c1-13-6-4-8-16(14(13)2)23-11-9-18-17(20)15-7-5-10-19(12-15)24(3,21)22/h4,6,8,15H,5,7,9-12H2,1-3H3,(H,18,20)/t15-/m1/s1. The van der Waals surface area contributed by atoms with Crippen LogP contribution in [-0.2, 0) is 14.8 Å². The summed E-state index contributed by atoms with van der Waals surface area (Å²) in [6.07, 6.45) is 2.62. The largest absolute Gasteiger partial charge is 0.491 e. The highest BCUT2D eigenvalue weighted by molar-refractivity contribution is 7.88. The van der Waals surface area contributed by atoms with Gasteiger partial charge < -0.3 is 10.1 Å². The maximum Gasteiger partial charge on any atom is 0.224 e. The molecule has 1 atom stereocenters. The number of sulfonamides is 1. The molecule has 134 valence electrons. The SMILES string of the molecule is Cc1cccc(OCCNC(=O)[C@@H]2CCCN(S(C)(=O)=O)C2)c1C. The average Bonchev–Trinajstić information content (AvgIpc) is 2.54. The molecule has 1 aromatic rings. The first-order chi connectivity index (χ1) is 11.3. The number of carbonyl (C=O) groups excluding carboxylic acids is 1. The van der Waals surface area contributed by atoms with Gasteiger partial charge in [-0.1, -0.05) is 12.1 Å². The first-order valence-electron chi connectivity index (χ1n) is 8.21. The lowest BCUT2D eigenvalue weighted by atomic mass is 9.99. The van der Waals surface area contributed by atoms with Crippen molar-refractivity contribution in [2.75, 3.05) is 32.5 Å². The van der Waals surface area contributed by atoms with Crippen LogP contribution in [0.2, 0.25) is 0 Å². The summed E-state index contributed by atoms with van der Waals surface area (Å²) in [6, 6.07) is 5.88. The van der Waals surface area contributed by atoms with Gasteiger partial charge in [0, 0.05) is 13.1 Å². The van der Waals surface area contributed by atoms with Gasteiger partial charge >= 0.3 is 0 Å². The first-order valence-corrected chi connectivity index (χ1v) is 10.1. The molecular formula is C17H26N2O4S. The lowest BCUT2D eigenvalue weighted by molar-refractivity contribution is -0.126. The van der Waals surface area contributed by atoms with Crippen molar-refractivity contribution in [3.05, 3.63) is 29.3 Å². The van der Waals surface area contributed by atoms with Crippen molar-refractivity contribution in [1.29, 1.82) is 0 Å². The summed E-state index contributed by atoms with van der Waals surface area (Å²) < 4.78 is 30.3. The Balaban J connectivity index is 1.78. The molecule has 0 saturated carbocycles. The highest BCUT2D eigenvalue weighted by Crippen LogP contribution is 2.20. The van der Waals surface area contributed by atoms with E-state index in [4.69, 9.17) is 4.74 Å². The second-order valence-corrected chi connectivity index (χ2v) is 8.28. The van der Waals surface area contributed by atoms with Crippen molar-refractivity contribution >= 4 is 15.9 Å². The predicted molar refractivity (Wildman–Crippen MR) is 93.6 cm³/mol. The smallest absolute Gasteiger partial charge is 0.224 e. The molecule has 7 heteroatoms. The highest BCUT2D eigenvalue weighted by Gasteiger charge is 2.29. The zero-order valence-electron chi connectivity index (χ0n) is 14.5. The number of hydrogen-bond donors (Lipinski definition) is 1. The van der Waals surface area contributed by atoms with Crippen molar-refractivity contribution in [3.8, 4) is 5.75 Å². The van der Waals surface area contributed by atoms with Crippen LogP contribution in [0.3, 0.4) is 0 Å². The normalized spacial score (nSPS) is 19.0. The number of aryl methyl sites for hydroxylation is 1. The monoisotopic (exact) mass is 354 g/mol. The molecular weight excluding hydrogens is 328 g/mol. The molecule has 0 aliphatic carbocycles. The summed E-state index contributed by atoms with van der Waals surface area (Å²) in [5.41, 5.74) is 2.26. The van der Waals surface area contributed by atoms with Crippen LogP contribution in [0.5, 0.6) is 5.75 Å². The Kier molecular flexibility index (Phi) is 6.23. The fourth-order valence-corrected chi connectivity index (χ4v) is 3.73. The summed E-state index contributed by atoms with van der Waals surface area (Å²) in [7, 11) is -3.23. The molecule has 2 rings (SSSR count). The van der Waals surface area contributed by atoms with Gasteiger partial charge in [-0.25, -0.2) is 12.7 Å². The third-order valence-electron chi connectivity index (χ3n) is 4.44. The zero-order valence-corrected chi connectivity index (χ0v) is 15.4. The Morgan fingerprint density at radius 3 is 2.83 bits per heavy atom. The van der Waals surface area contributed by atoms with E-state index in [1.54, 1.807) is 0 Å². The number of benzene rings is 1. The summed E-state index contributed by atoms with van der Waals surface area (Å²) >= 11 is 0. The maximum atomic E-state index is 12.2. The van der Waals surface area contributed by atoms with Crippen LogP contribution in [0.15, 0.2) is 18.2 Å². The molecule has 0 spiro atoms. The van der Waals surface area contributed by atoms with E-state index in [0.29, 0.717) is 26.1 Å². The molecule has 0 unspecified atom stereocenters. The van der Waals surface area contributed by atoms with E-state index in [-0.39, 0.29) is 18.4 Å². The van der Waals surface area contributed by atoms with Crippen molar-refractivity contribution in [1.82, 2.24) is 9.62 Å². The summed E-state index contributed by atoms with van der Waals surface area (Å²) in [4.78, 5) is 12.2. The second kappa shape index (κ2) is 7.98. The highest BCUT2D eigenvalue weighted by atomic mass is 32.2. The zero-order chi connectivity index (χ0) is 17.7. The Bertz CT molecular complexity index is 688. The first kappa shape index (κ1) is 18.7. The number of carbonyl (C=O) groups is 1. The van der Waals surface area contributed by atoms with Crippen molar-refractivity contribution < 1.29 is 17.9 Å². The molecule has 1 N–H and O–H groups in total. The van der Waals surface area contributed by atoms with E-state index in [1.807, 2.05) is 32.0 Å². The molecule has 1 amide bonds. The molecule has 1 aromatic carbocycles. The number of ether oxygens (including phenoxy) is 1. The molecule has 1 heterocycles. The minimum Gasteiger partial charge on any atom is -0.491 e. The summed E-state index contributed by atoms with van der Waals surface area (Å²) in [5.74, 6) is 0.437. The molecule has 24 heavy (non-hydrogen) atoms. The van der Waals surface area contributed by atoms with E-state index in [9.17, 15) is 13.2 Å². The van der Waals surface area contributed by atoms with Crippen LogP contribution in [-0.4, -0.2) is 51.1 Å². The fraction of sp³-hybridized carbons (Fsp3) is 0.588. The van der Waals surface area contributed by atoms with E-state index in [0.717, 1.165) is 17.7 Å². The minimum absolute atomic E-state index is 0.104. The van der Waals surface area contributed by atoms with E-state index >= 15 is 0 Å². The van der Waals surface area contributed by atoms with Crippen LogP contribution >= 0.6 is 0 Å². The number of piperidine rings is 1. The molecule has 0 bridgehead atoms. The molecule has 6 nitrogen and oxygen atoms in total. The Morgan fingerprint density at radius 2 is 2.12 bits per heavy atom. The third-order valence-corrected chi connectivity index (χ3v) is 5.71. The van der Waals surface area contributed by atoms with Gasteiger partial charge in [0.2, 0.25) is 15.9 Å². The topological polar surface area (TPSA) is 75.7 Å². The molecule has 0 aromatic heterocycles. The van der Waals surface area contributed by atoms with E-state index < -0.39 is 10.0 Å². The van der Waals surface area contributed by atoms with Crippen molar-refractivity contribution in [3.63, 3.8) is 0 Å². The predicted octanol–water partition coefficient (Wildman–Crippen LogP) is 1.47. The summed E-state index contributed by atoms with van der Waals surface area (Å²) in [5, 5.41) is 2.84. The van der Waals surface area contributed by atoms with Crippen LogP contribution in [0.4, 0.5) is 0 Å². The number of nitrogens with zero attached hydrogens (tertiary/aromatic N) is 1. The number of nitrogens with one attached hydrogen (secondary N) is 1. The lowest BCUT2D eigenvalue weighted by Gasteiger charge is -2.30. The average molecular weight is 354 g/mol. The van der Waals surface area contributed by atoms with Gasteiger partial charge in [-0.3, -0.25) is 4.79 Å². The molecule has 0 radical (unpaired) electrons.